The smallest absolute Gasteiger partial charge is 0.306 e. The van der Waals surface area contributed by atoms with Crippen LogP contribution < -0.4 is 11.1 Å². The molecule has 0 bridgehead atoms. The largest absolute Gasteiger partial charge is 0.481 e. The molecule has 3 atom stereocenters. The molecule has 0 heterocycles. The van der Waals surface area contributed by atoms with Crippen molar-refractivity contribution >= 4 is 11.9 Å². The SMILES string of the molecule is CC(CN)C(=O)NCC1CCCC1C(=O)O. The lowest BCUT2D eigenvalue weighted by Crippen LogP contribution is -2.38. The number of carbonyl (C=O) groups is 2. The third kappa shape index (κ3) is 3.20. The molecule has 1 fully saturated rings. The summed E-state index contributed by atoms with van der Waals surface area (Å²) in [6.07, 6.45) is 2.54. The number of hydrogen-bond acceptors (Lipinski definition) is 3. The van der Waals surface area contributed by atoms with Crippen LogP contribution in [0, 0.1) is 17.8 Å². The Hall–Kier alpha value is -1.10. The zero-order valence-corrected chi connectivity index (χ0v) is 9.61. The lowest BCUT2D eigenvalue weighted by atomic mass is 9.96. The monoisotopic (exact) mass is 228 g/mol. The van der Waals surface area contributed by atoms with Gasteiger partial charge in [0.25, 0.3) is 0 Å². The van der Waals surface area contributed by atoms with Crippen molar-refractivity contribution in [2.75, 3.05) is 13.1 Å². The molecule has 1 rings (SSSR count). The van der Waals surface area contributed by atoms with E-state index in [2.05, 4.69) is 5.32 Å². The van der Waals surface area contributed by atoms with E-state index in [1.165, 1.54) is 0 Å². The first-order valence-electron chi connectivity index (χ1n) is 5.76. The number of carboxylic acids is 1. The van der Waals surface area contributed by atoms with Crippen molar-refractivity contribution in [1.29, 1.82) is 0 Å². The van der Waals surface area contributed by atoms with Crippen molar-refractivity contribution < 1.29 is 14.7 Å². The molecule has 0 spiro atoms. The number of nitrogens with one attached hydrogen (secondary N) is 1. The first kappa shape index (κ1) is 13.0. The predicted octanol–water partition coefficient (Wildman–Crippen LogP) is 0.198. The molecule has 1 aliphatic carbocycles. The van der Waals surface area contributed by atoms with Gasteiger partial charge in [0.2, 0.25) is 5.91 Å². The van der Waals surface area contributed by atoms with Crippen molar-refractivity contribution in [2.45, 2.75) is 26.2 Å². The maximum Gasteiger partial charge on any atom is 0.306 e. The summed E-state index contributed by atoms with van der Waals surface area (Å²) >= 11 is 0. The summed E-state index contributed by atoms with van der Waals surface area (Å²) < 4.78 is 0. The molecule has 0 aromatic rings. The summed E-state index contributed by atoms with van der Waals surface area (Å²) in [6.45, 7) is 2.54. The van der Waals surface area contributed by atoms with Gasteiger partial charge in [0, 0.05) is 19.0 Å². The quantitative estimate of drug-likeness (QED) is 0.626. The van der Waals surface area contributed by atoms with Crippen molar-refractivity contribution in [3.05, 3.63) is 0 Å². The average molecular weight is 228 g/mol. The fraction of sp³-hybridized carbons (Fsp3) is 0.818. The Balaban J connectivity index is 2.37. The minimum Gasteiger partial charge on any atom is -0.481 e. The van der Waals surface area contributed by atoms with Gasteiger partial charge in [-0.05, 0) is 18.8 Å². The van der Waals surface area contributed by atoms with E-state index in [-0.39, 0.29) is 23.7 Å². The van der Waals surface area contributed by atoms with Crippen LogP contribution in [0.4, 0.5) is 0 Å². The molecule has 0 aromatic carbocycles. The number of aliphatic carboxylic acids is 1. The van der Waals surface area contributed by atoms with E-state index in [1.54, 1.807) is 6.92 Å². The molecule has 3 unspecified atom stereocenters. The van der Waals surface area contributed by atoms with Crippen LogP contribution >= 0.6 is 0 Å². The second-order valence-electron chi connectivity index (χ2n) is 4.52. The van der Waals surface area contributed by atoms with Gasteiger partial charge in [-0.3, -0.25) is 9.59 Å². The molecule has 1 saturated carbocycles. The van der Waals surface area contributed by atoms with Crippen LogP contribution in [-0.4, -0.2) is 30.1 Å². The van der Waals surface area contributed by atoms with E-state index >= 15 is 0 Å². The van der Waals surface area contributed by atoms with E-state index in [4.69, 9.17) is 10.8 Å². The summed E-state index contributed by atoms with van der Waals surface area (Å²) in [5, 5.41) is 11.7. The fourth-order valence-electron chi connectivity index (χ4n) is 2.12. The topological polar surface area (TPSA) is 92.4 Å². The van der Waals surface area contributed by atoms with Crippen LogP contribution in [0.1, 0.15) is 26.2 Å². The number of rotatable bonds is 5. The highest BCUT2D eigenvalue weighted by Gasteiger charge is 2.32. The van der Waals surface area contributed by atoms with Gasteiger partial charge in [-0.2, -0.15) is 0 Å². The van der Waals surface area contributed by atoms with Crippen molar-refractivity contribution in [1.82, 2.24) is 5.32 Å². The molecule has 0 aliphatic heterocycles. The second-order valence-corrected chi connectivity index (χ2v) is 4.52. The summed E-state index contributed by atoms with van der Waals surface area (Å²) in [6, 6.07) is 0. The van der Waals surface area contributed by atoms with Gasteiger partial charge in [-0.25, -0.2) is 0 Å². The summed E-state index contributed by atoms with van der Waals surface area (Å²) in [5.41, 5.74) is 5.38. The number of carboxylic acid groups (broad SMARTS) is 1. The van der Waals surface area contributed by atoms with Crippen LogP contribution in [0.5, 0.6) is 0 Å². The zero-order valence-electron chi connectivity index (χ0n) is 9.61. The Morgan fingerprint density at radius 2 is 2.19 bits per heavy atom. The highest BCUT2D eigenvalue weighted by Crippen LogP contribution is 2.31. The van der Waals surface area contributed by atoms with E-state index in [1.807, 2.05) is 0 Å². The lowest BCUT2D eigenvalue weighted by Gasteiger charge is -2.17. The van der Waals surface area contributed by atoms with Crippen molar-refractivity contribution in [3.8, 4) is 0 Å². The van der Waals surface area contributed by atoms with Crippen LogP contribution in [0.25, 0.3) is 0 Å². The highest BCUT2D eigenvalue weighted by atomic mass is 16.4. The number of nitrogens with two attached hydrogens (primary N) is 1. The predicted molar refractivity (Wildman–Crippen MR) is 59.7 cm³/mol. The Labute approximate surface area is 95.4 Å². The van der Waals surface area contributed by atoms with Crippen LogP contribution in [-0.2, 0) is 9.59 Å². The zero-order chi connectivity index (χ0) is 12.1. The van der Waals surface area contributed by atoms with Gasteiger partial charge in [0.15, 0.2) is 0 Å². The molecule has 16 heavy (non-hydrogen) atoms. The Morgan fingerprint density at radius 3 is 2.75 bits per heavy atom. The minimum atomic E-state index is -0.747. The summed E-state index contributed by atoms with van der Waals surface area (Å²) in [5.74, 6) is -1.26. The molecule has 1 amide bonds. The van der Waals surface area contributed by atoms with Crippen molar-refractivity contribution in [3.63, 3.8) is 0 Å². The Morgan fingerprint density at radius 1 is 1.50 bits per heavy atom. The molecule has 4 N–H and O–H groups in total. The van der Waals surface area contributed by atoms with Gasteiger partial charge >= 0.3 is 5.97 Å². The van der Waals surface area contributed by atoms with Gasteiger partial charge in [-0.1, -0.05) is 13.3 Å². The molecule has 5 nitrogen and oxygen atoms in total. The molecule has 92 valence electrons. The normalized spacial score (nSPS) is 26.4. The first-order chi connectivity index (χ1) is 7.56. The van der Waals surface area contributed by atoms with Gasteiger partial charge < -0.3 is 16.2 Å². The van der Waals surface area contributed by atoms with Crippen LogP contribution in [0.2, 0.25) is 0 Å². The number of carbonyl (C=O) groups excluding carboxylic acids is 1. The van der Waals surface area contributed by atoms with Gasteiger partial charge in [0.1, 0.15) is 0 Å². The molecule has 5 heteroatoms. The van der Waals surface area contributed by atoms with Crippen molar-refractivity contribution in [2.24, 2.45) is 23.5 Å². The summed E-state index contributed by atoms with van der Waals surface area (Å²) in [4.78, 5) is 22.4. The average Bonchev–Trinajstić information content (AvgIpc) is 2.72. The third-order valence-corrected chi connectivity index (χ3v) is 3.32. The second kappa shape index (κ2) is 5.84. The lowest BCUT2D eigenvalue weighted by molar-refractivity contribution is -0.143. The Kier molecular flexibility index (Phi) is 4.73. The van der Waals surface area contributed by atoms with E-state index in [0.29, 0.717) is 13.1 Å². The molecule has 0 aromatic heterocycles. The molecule has 0 radical (unpaired) electrons. The number of hydrogen-bond donors (Lipinski definition) is 3. The van der Waals surface area contributed by atoms with E-state index in [9.17, 15) is 9.59 Å². The molecule has 1 aliphatic rings. The number of amides is 1. The molecular formula is C11H20N2O3. The first-order valence-corrected chi connectivity index (χ1v) is 5.76. The van der Waals surface area contributed by atoms with Gasteiger partial charge in [-0.15, -0.1) is 0 Å². The summed E-state index contributed by atoms with van der Waals surface area (Å²) in [7, 11) is 0. The highest BCUT2D eigenvalue weighted by molar-refractivity contribution is 5.78. The van der Waals surface area contributed by atoms with Crippen LogP contribution in [0.15, 0.2) is 0 Å². The maximum atomic E-state index is 11.5. The maximum absolute atomic E-state index is 11.5. The van der Waals surface area contributed by atoms with E-state index < -0.39 is 5.97 Å². The third-order valence-electron chi connectivity index (χ3n) is 3.32. The standard InChI is InChI=1S/C11H20N2O3/c1-7(5-12)10(14)13-6-8-3-2-4-9(8)11(15)16/h7-9H,2-6,12H2,1H3,(H,13,14)(H,15,16). The fourth-order valence-corrected chi connectivity index (χ4v) is 2.12. The van der Waals surface area contributed by atoms with E-state index in [0.717, 1.165) is 19.3 Å². The van der Waals surface area contributed by atoms with Crippen LogP contribution in [0.3, 0.4) is 0 Å². The molecular weight excluding hydrogens is 208 g/mol. The Bertz CT molecular complexity index is 268. The van der Waals surface area contributed by atoms with Gasteiger partial charge in [0.05, 0.1) is 5.92 Å². The molecule has 0 saturated heterocycles. The minimum absolute atomic E-state index is 0.0754.